The summed E-state index contributed by atoms with van der Waals surface area (Å²) in [5, 5.41) is 4.67. The van der Waals surface area contributed by atoms with E-state index in [4.69, 9.17) is 0 Å². The molecule has 0 bridgehead atoms. The van der Waals surface area contributed by atoms with Gasteiger partial charge in [0.05, 0.1) is 12.3 Å². The van der Waals surface area contributed by atoms with E-state index in [2.05, 4.69) is 15.0 Å². The van der Waals surface area contributed by atoms with Gasteiger partial charge in [0.25, 0.3) is 0 Å². The molecular formula is C9H10F6N2OS. The second kappa shape index (κ2) is 6.06. The first-order valence-electron chi connectivity index (χ1n) is 4.97. The predicted octanol–water partition coefficient (Wildman–Crippen LogP) is 2.87. The van der Waals surface area contributed by atoms with E-state index in [9.17, 15) is 26.3 Å². The molecule has 0 saturated heterocycles. The maximum Gasteiger partial charge on any atom is 0.423 e. The lowest BCUT2D eigenvalue weighted by Crippen LogP contribution is -2.44. The first-order valence-corrected chi connectivity index (χ1v) is 5.85. The van der Waals surface area contributed by atoms with Crippen LogP contribution >= 0.6 is 11.3 Å². The molecule has 1 rings (SSSR count). The summed E-state index contributed by atoms with van der Waals surface area (Å²) in [6.45, 7) is -0.462. The Morgan fingerprint density at radius 1 is 1.26 bits per heavy atom. The third kappa shape index (κ3) is 4.96. The van der Waals surface area contributed by atoms with Crippen molar-refractivity contribution in [3.8, 4) is 0 Å². The van der Waals surface area contributed by atoms with Gasteiger partial charge in [-0.15, -0.1) is 11.3 Å². The van der Waals surface area contributed by atoms with Gasteiger partial charge in [-0.05, 0) is 7.05 Å². The van der Waals surface area contributed by atoms with Crippen LogP contribution in [0.2, 0.25) is 0 Å². The molecule has 0 amide bonds. The third-order valence-corrected chi connectivity index (χ3v) is 2.82. The zero-order chi connectivity index (χ0) is 14.7. The van der Waals surface area contributed by atoms with Gasteiger partial charge in [-0.25, -0.2) is 4.98 Å². The summed E-state index contributed by atoms with van der Waals surface area (Å²) in [5.74, 6) is 0. The number of rotatable bonds is 5. The van der Waals surface area contributed by atoms with Gasteiger partial charge in [-0.3, -0.25) is 0 Å². The van der Waals surface area contributed by atoms with E-state index in [1.165, 1.54) is 5.38 Å². The van der Waals surface area contributed by atoms with Gasteiger partial charge in [0.2, 0.25) is 6.10 Å². The Hall–Kier alpha value is -0.870. The minimum atomic E-state index is -5.50. The molecule has 0 atom stereocenters. The van der Waals surface area contributed by atoms with Crippen molar-refractivity contribution in [2.75, 3.05) is 7.05 Å². The number of hydrogen-bond acceptors (Lipinski definition) is 4. The number of alkyl halides is 6. The number of halogens is 6. The molecule has 0 aromatic carbocycles. The average Bonchev–Trinajstić information content (AvgIpc) is 2.62. The molecule has 3 nitrogen and oxygen atoms in total. The fourth-order valence-corrected chi connectivity index (χ4v) is 1.98. The van der Waals surface area contributed by atoms with Gasteiger partial charge in [-0.2, -0.15) is 26.3 Å². The maximum absolute atomic E-state index is 12.2. The Labute approximate surface area is 108 Å². The summed E-state index contributed by atoms with van der Waals surface area (Å²) < 4.78 is 77.0. The van der Waals surface area contributed by atoms with Crippen LogP contribution in [0.25, 0.3) is 0 Å². The molecule has 1 aromatic rings. The lowest BCUT2D eigenvalue weighted by molar-refractivity contribution is -0.324. The largest absolute Gasteiger partial charge is 0.423 e. The first kappa shape index (κ1) is 16.2. The van der Waals surface area contributed by atoms with Gasteiger partial charge in [0.15, 0.2) is 0 Å². The summed E-state index contributed by atoms with van der Waals surface area (Å²) in [6.07, 6.45) is -14.8. The fourth-order valence-electron chi connectivity index (χ4n) is 1.19. The molecule has 0 unspecified atom stereocenters. The lowest BCUT2D eigenvalue weighted by atomic mass is 10.3. The zero-order valence-corrected chi connectivity index (χ0v) is 10.4. The van der Waals surface area contributed by atoms with E-state index in [-0.39, 0.29) is 5.69 Å². The van der Waals surface area contributed by atoms with Crippen LogP contribution in [-0.4, -0.2) is 30.5 Å². The van der Waals surface area contributed by atoms with E-state index in [1.807, 2.05) is 0 Å². The van der Waals surface area contributed by atoms with Crippen LogP contribution in [0.5, 0.6) is 0 Å². The molecular weight excluding hydrogens is 298 g/mol. The SMILES string of the molecule is CNCc1nc(COC(C(F)(F)F)C(F)(F)F)cs1. The lowest BCUT2D eigenvalue weighted by Gasteiger charge is -2.22. The number of thiazole rings is 1. The molecule has 0 aliphatic rings. The molecule has 0 aliphatic heterocycles. The van der Waals surface area contributed by atoms with E-state index < -0.39 is 25.1 Å². The number of nitrogens with one attached hydrogen (secondary N) is 1. The van der Waals surface area contributed by atoms with Crippen molar-refractivity contribution in [3.63, 3.8) is 0 Å². The van der Waals surface area contributed by atoms with Gasteiger partial charge in [0.1, 0.15) is 5.01 Å². The molecule has 1 N–H and O–H groups in total. The van der Waals surface area contributed by atoms with E-state index in [0.717, 1.165) is 11.3 Å². The fraction of sp³-hybridized carbons (Fsp3) is 0.667. The summed E-state index contributed by atoms with van der Waals surface area (Å²) in [4.78, 5) is 3.83. The van der Waals surface area contributed by atoms with Crippen molar-refractivity contribution in [3.05, 3.63) is 16.1 Å². The second-order valence-corrected chi connectivity index (χ2v) is 4.48. The van der Waals surface area contributed by atoms with Crippen LogP contribution in [-0.2, 0) is 17.9 Å². The Morgan fingerprint density at radius 3 is 2.32 bits per heavy atom. The van der Waals surface area contributed by atoms with Crippen molar-refractivity contribution in [2.24, 2.45) is 0 Å². The van der Waals surface area contributed by atoms with Crippen molar-refractivity contribution < 1.29 is 31.1 Å². The molecule has 110 valence electrons. The van der Waals surface area contributed by atoms with Crippen molar-refractivity contribution in [2.45, 2.75) is 31.6 Å². The van der Waals surface area contributed by atoms with Gasteiger partial charge in [0, 0.05) is 11.9 Å². The van der Waals surface area contributed by atoms with Gasteiger partial charge in [-0.1, -0.05) is 0 Å². The minimum Gasteiger partial charge on any atom is -0.354 e. The van der Waals surface area contributed by atoms with E-state index >= 15 is 0 Å². The molecule has 1 heterocycles. The monoisotopic (exact) mass is 308 g/mol. The smallest absolute Gasteiger partial charge is 0.354 e. The molecule has 0 radical (unpaired) electrons. The van der Waals surface area contributed by atoms with Crippen molar-refractivity contribution >= 4 is 11.3 Å². The van der Waals surface area contributed by atoms with Crippen LogP contribution in [0.3, 0.4) is 0 Å². The molecule has 0 spiro atoms. The topological polar surface area (TPSA) is 34.2 Å². The number of nitrogens with zero attached hydrogens (tertiary/aromatic N) is 1. The van der Waals surface area contributed by atoms with Crippen LogP contribution in [0, 0.1) is 0 Å². The van der Waals surface area contributed by atoms with E-state index in [0.29, 0.717) is 11.6 Å². The number of aromatic nitrogens is 1. The molecule has 0 aliphatic carbocycles. The molecule has 0 fully saturated rings. The highest BCUT2D eigenvalue weighted by atomic mass is 32.1. The first-order chi connectivity index (χ1) is 8.64. The quantitative estimate of drug-likeness (QED) is 0.849. The van der Waals surface area contributed by atoms with Crippen molar-refractivity contribution in [1.29, 1.82) is 0 Å². The van der Waals surface area contributed by atoms with Crippen LogP contribution < -0.4 is 5.32 Å². The predicted molar refractivity (Wildman–Crippen MR) is 55.6 cm³/mol. The highest BCUT2D eigenvalue weighted by Crippen LogP contribution is 2.36. The second-order valence-electron chi connectivity index (χ2n) is 3.54. The van der Waals surface area contributed by atoms with Crippen LogP contribution in [0.4, 0.5) is 26.3 Å². The molecule has 1 aromatic heterocycles. The Kier molecular flexibility index (Phi) is 5.16. The van der Waals surface area contributed by atoms with Crippen LogP contribution in [0.1, 0.15) is 10.7 Å². The molecule has 19 heavy (non-hydrogen) atoms. The Balaban J connectivity index is 2.66. The summed E-state index contributed by atoms with van der Waals surface area (Å²) in [7, 11) is 1.64. The van der Waals surface area contributed by atoms with Crippen LogP contribution in [0.15, 0.2) is 5.38 Å². The highest BCUT2D eigenvalue weighted by Gasteiger charge is 2.58. The normalized spacial score (nSPS) is 13.3. The summed E-state index contributed by atoms with van der Waals surface area (Å²) >= 11 is 1.12. The average molecular weight is 308 g/mol. The number of ether oxygens (including phenoxy) is 1. The minimum absolute atomic E-state index is 0.0359. The van der Waals surface area contributed by atoms with Gasteiger partial charge >= 0.3 is 12.4 Å². The van der Waals surface area contributed by atoms with Gasteiger partial charge < -0.3 is 10.1 Å². The molecule has 10 heteroatoms. The highest BCUT2D eigenvalue weighted by molar-refractivity contribution is 7.09. The zero-order valence-electron chi connectivity index (χ0n) is 9.60. The van der Waals surface area contributed by atoms with E-state index in [1.54, 1.807) is 7.05 Å². The summed E-state index contributed by atoms with van der Waals surface area (Å²) in [6, 6.07) is 0. The standard InChI is InChI=1S/C9H10F6N2OS/c1-16-2-6-17-5(4-19-6)3-18-7(8(10,11)12)9(13,14)15/h4,7,16H,2-3H2,1H3. The molecule has 0 saturated carbocycles. The van der Waals surface area contributed by atoms with Crippen molar-refractivity contribution in [1.82, 2.24) is 10.3 Å². The Morgan fingerprint density at radius 2 is 1.84 bits per heavy atom. The third-order valence-electron chi connectivity index (χ3n) is 1.92. The Bertz CT molecular complexity index is 388. The summed E-state index contributed by atoms with van der Waals surface area (Å²) in [5.41, 5.74) is 0.0359. The number of hydrogen-bond donors (Lipinski definition) is 1. The maximum atomic E-state index is 12.2.